The Morgan fingerprint density at radius 1 is 1.27 bits per heavy atom. The molecule has 2 heterocycles. The first kappa shape index (κ1) is 17.6. The molecule has 0 bridgehead atoms. The van der Waals surface area contributed by atoms with Crippen LogP contribution in [0.15, 0.2) is 0 Å². The Morgan fingerprint density at radius 3 is 2.45 bits per heavy atom. The van der Waals surface area contributed by atoms with Crippen LogP contribution in [0.2, 0.25) is 0 Å². The van der Waals surface area contributed by atoms with Gasteiger partial charge in [0.05, 0.1) is 12.3 Å². The molecule has 0 aromatic heterocycles. The van der Waals surface area contributed by atoms with Gasteiger partial charge in [0.2, 0.25) is 11.8 Å². The van der Waals surface area contributed by atoms with Crippen molar-refractivity contribution in [3.63, 3.8) is 0 Å². The lowest BCUT2D eigenvalue weighted by Crippen LogP contribution is -2.55. The van der Waals surface area contributed by atoms with Gasteiger partial charge in [0.15, 0.2) is 0 Å². The fourth-order valence-corrected chi connectivity index (χ4v) is 4.30. The molecule has 126 valence electrons. The summed E-state index contributed by atoms with van der Waals surface area (Å²) in [5.74, 6) is 0.612. The first-order valence-electron chi connectivity index (χ1n) is 7.89. The van der Waals surface area contributed by atoms with Crippen LogP contribution < -0.4 is 5.73 Å². The van der Waals surface area contributed by atoms with Crippen molar-refractivity contribution >= 4 is 23.6 Å². The molecule has 2 rings (SSSR count). The minimum Gasteiger partial charge on any atom is -0.396 e. The van der Waals surface area contributed by atoms with Crippen molar-refractivity contribution in [2.75, 3.05) is 51.3 Å². The van der Waals surface area contributed by atoms with Gasteiger partial charge in [-0.15, -0.1) is 0 Å². The molecule has 6 nitrogen and oxygen atoms in total. The molecule has 0 aliphatic carbocycles. The van der Waals surface area contributed by atoms with Crippen molar-refractivity contribution in [3.8, 4) is 0 Å². The number of carbonyl (C=O) groups is 2. The number of thioether (sulfide) groups is 1. The zero-order valence-electron chi connectivity index (χ0n) is 13.3. The van der Waals surface area contributed by atoms with Gasteiger partial charge in [-0.1, -0.05) is 0 Å². The highest BCUT2D eigenvalue weighted by Gasteiger charge is 2.45. The average Bonchev–Trinajstić information content (AvgIpc) is 2.50. The number of carbonyl (C=O) groups excluding carboxylic acids is 2. The predicted octanol–water partition coefficient (Wildman–Crippen LogP) is -0.242. The summed E-state index contributed by atoms with van der Waals surface area (Å²) in [6, 6.07) is 0. The third-order valence-corrected chi connectivity index (χ3v) is 5.79. The molecule has 22 heavy (non-hydrogen) atoms. The smallest absolute Gasteiger partial charge is 0.232 e. The molecule has 0 radical (unpaired) electrons. The summed E-state index contributed by atoms with van der Waals surface area (Å²) in [5.41, 5.74) is 5.38. The van der Waals surface area contributed by atoms with Crippen molar-refractivity contribution in [3.05, 3.63) is 0 Å². The molecule has 0 saturated carbocycles. The highest BCUT2D eigenvalue weighted by Crippen LogP contribution is 2.45. The quantitative estimate of drug-likeness (QED) is 0.727. The molecule has 3 N–H and O–H groups in total. The number of nitrogens with zero attached hydrogens (tertiary/aromatic N) is 2. The van der Waals surface area contributed by atoms with E-state index in [1.165, 1.54) is 0 Å². The van der Waals surface area contributed by atoms with Crippen molar-refractivity contribution < 1.29 is 14.7 Å². The van der Waals surface area contributed by atoms with Gasteiger partial charge in [-0.25, -0.2) is 0 Å². The Balaban J connectivity index is 1.94. The minimum atomic E-state index is -0.315. The Labute approximate surface area is 136 Å². The number of aliphatic hydroxyl groups excluding tert-OH is 1. The Bertz CT molecular complexity index is 411. The van der Waals surface area contributed by atoms with Gasteiger partial charge in [0.25, 0.3) is 0 Å². The van der Waals surface area contributed by atoms with E-state index in [9.17, 15) is 14.7 Å². The standard InChI is InChI=1S/C15H27N3O3S/c1-22-11-14(21)18-6-3-15(4-7-18)2-5-17(9-13(16)20)8-12(15)10-19/h12,19H,2-11H2,1H3,(H2,16,20)/t12-/m0/s1. The summed E-state index contributed by atoms with van der Waals surface area (Å²) >= 11 is 1.56. The minimum absolute atomic E-state index is 0.110. The largest absolute Gasteiger partial charge is 0.396 e. The summed E-state index contributed by atoms with van der Waals surface area (Å²) < 4.78 is 0. The number of piperidine rings is 2. The van der Waals surface area contributed by atoms with Crippen molar-refractivity contribution in [1.29, 1.82) is 0 Å². The highest BCUT2D eigenvalue weighted by atomic mass is 32.2. The van der Waals surface area contributed by atoms with Crippen LogP contribution in [-0.2, 0) is 9.59 Å². The number of primary amides is 1. The zero-order chi connectivity index (χ0) is 16.2. The molecule has 1 atom stereocenters. The number of likely N-dealkylation sites (tertiary alicyclic amines) is 2. The van der Waals surface area contributed by atoms with Crippen LogP contribution in [0.3, 0.4) is 0 Å². The van der Waals surface area contributed by atoms with Gasteiger partial charge in [-0.3, -0.25) is 14.5 Å². The van der Waals surface area contributed by atoms with Crippen LogP contribution in [0.5, 0.6) is 0 Å². The molecular formula is C15H27N3O3S. The third-order valence-electron chi connectivity index (χ3n) is 5.25. The van der Waals surface area contributed by atoms with E-state index in [0.717, 1.165) is 45.4 Å². The Morgan fingerprint density at radius 2 is 1.91 bits per heavy atom. The fraction of sp³-hybridized carbons (Fsp3) is 0.867. The number of hydrogen-bond donors (Lipinski definition) is 2. The molecular weight excluding hydrogens is 302 g/mol. The topological polar surface area (TPSA) is 86.9 Å². The van der Waals surface area contributed by atoms with E-state index < -0.39 is 0 Å². The highest BCUT2D eigenvalue weighted by molar-refractivity contribution is 7.99. The zero-order valence-corrected chi connectivity index (χ0v) is 14.1. The molecule has 1 spiro atoms. The predicted molar refractivity (Wildman–Crippen MR) is 87.5 cm³/mol. The lowest BCUT2D eigenvalue weighted by molar-refractivity contribution is -0.133. The molecule has 7 heteroatoms. The first-order chi connectivity index (χ1) is 10.5. The Hall–Kier alpha value is -0.790. The number of nitrogens with two attached hydrogens (primary N) is 1. The van der Waals surface area contributed by atoms with Gasteiger partial charge in [-0.2, -0.15) is 11.8 Å². The molecule has 2 fully saturated rings. The lowest BCUT2D eigenvalue weighted by Gasteiger charge is -2.51. The SMILES string of the molecule is CSCC(=O)N1CCC2(CCN(CC(N)=O)C[C@H]2CO)CC1. The summed E-state index contributed by atoms with van der Waals surface area (Å²) in [5, 5.41) is 9.79. The van der Waals surface area contributed by atoms with E-state index in [1.807, 2.05) is 16.1 Å². The van der Waals surface area contributed by atoms with Gasteiger partial charge < -0.3 is 15.7 Å². The maximum absolute atomic E-state index is 12.0. The summed E-state index contributed by atoms with van der Waals surface area (Å²) in [6.45, 7) is 3.53. The average molecular weight is 329 g/mol. The van der Waals surface area contributed by atoms with Crippen LogP contribution in [0.4, 0.5) is 0 Å². The number of amides is 2. The van der Waals surface area contributed by atoms with Gasteiger partial charge in [0, 0.05) is 32.2 Å². The monoisotopic (exact) mass is 329 g/mol. The first-order valence-corrected chi connectivity index (χ1v) is 9.28. The van der Waals surface area contributed by atoms with Crippen molar-refractivity contribution in [2.24, 2.45) is 17.1 Å². The maximum atomic E-state index is 12.0. The maximum Gasteiger partial charge on any atom is 0.232 e. The summed E-state index contributed by atoms with van der Waals surface area (Å²) in [4.78, 5) is 27.1. The number of hydrogen-bond acceptors (Lipinski definition) is 5. The second-order valence-electron chi connectivity index (χ2n) is 6.51. The Kier molecular flexibility index (Phi) is 6.11. The lowest BCUT2D eigenvalue weighted by atomic mass is 9.64. The number of aliphatic hydroxyl groups is 1. The summed E-state index contributed by atoms with van der Waals surface area (Å²) in [6.07, 6.45) is 4.81. The van der Waals surface area contributed by atoms with Crippen LogP contribution in [-0.4, -0.2) is 78.1 Å². The molecule has 2 aliphatic rings. The second-order valence-corrected chi connectivity index (χ2v) is 7.37. The van der Waals surface area contributed by atoms with Crippen LogP contribution in [0, 0.1) is 11.3 Å². The normalized spacial score (nSPS) is 25.4. The second kappa shape index (κ2) is 7.66. The molecule has 2 saturated heterocycles. The van der Waals surface area contributed by atoms with Gasteiger partial charge in [0.1, 0.15) is 0 Å². The molecule has 0 unspecified atom stereocenters. The van der Waals surface area contributed by atoms with Gasteiger partial charge >= 0.3 is 0 Å². The third kappa shape index (κ3) is 3.94. The van der Waals surface area contributed by atoms with E-state index in [1.54, 1.807) is 11.8 Å². The van der Waals surface area contributed by atoms with Crippen LogP contribution in [0.25, 0.3) is 0 Å². The van der Waals surface area contributed by atoms with E-state index in [0.29, 0.717) is 5.75 Å². The van der Waals surface area contributed by atoms with Gasteiger partial charge in [-0.05, 0) is 37.5 Å². The van der Waals surface area contributed by atoms with E-state index in [2.05, 4.69) is 0 Å². The van der Waals surface area contributed by atoms with E-state index in [4.69, 9.17) is 5.73 Å². The van der Waals surface area contributed by atoms with Crippen molar-refractivity contribution in [2.45, 2.75) is 19.3 Å². The van der Waals surface area contributed by atoms with E-state index >= 15 is 0 Å². The molecule has 2 amide bonds. The fourth-order valence-electron chi connectivity index (χ4n) is 3.87. The van der Waals surface area contributed by atoms with Crippen LogP contribution >= 0.6 is 11.8 Å². The van der Waals surface area contributed by atoms with Crippen LogP contribution in [0.1, 0.15) is 19.3 Å². The molecule has 0 aromatic rings. The number of rotatable bonds is 5. The summed E-state index contributed by atoms with van der Waals surface area (Å²) in [7, 11) is 0. The van der Waals surface area contributed by atoms with Crippen molar-refractivity contribution in [1.82, 2.24) is 9.80 Å². The molecule has 2 aliphatic heterocycles. The van der Waals surface area contributed by atoms with E-state index in [-0.39, 0.29) is 36.3 Å². The molecule has 0 aromatic carbocycles.